The molecule has 0 aliphatic rings. The van der Waals surface area contributed by atoms with Crippen molar-refractivity contribution in [1.82, 2.24) is 15.0 Å². The van der Waals surface area contributed by atoms with E-state index in [4.69, 9.17) is 0 Å². The number of anilines is 1. The van der Waals surface area contributed by atoms with Crippen molar-refractivity contribution in [2.45, 2.75) is 0 Å². The second-order valence-electron chi connectivity index (χ2n) is 4.47. The van der Waals surface area contributed by atoms with Crippen LogP contribution in [-0.2, 0) is 0 Å². The molecule has 1 aromatic carbocycles. The molecule has 0 atom stereocenters. The van der Waals surface area contributed by atoms with Crippen LogP contribution in [0.25, 0.3) is 11.3 Å². The number of aromatic nitrogens is 3. The maximum atomic E-state index is 11.7. The van der Waals surface area contributed by atoms with Gasteiger partial charge in [0, 0.05) is 17.8 Å². The molecule has 0 saturated carbocycles. The minimum absolute atomic E-state index is 0.246. The first-order valence-electron chi connectivity index (χ1n) is 6.68. The van der Waals surface area contributed by atoms with E-state index < -0.39 is 0 Å². The fourth-order valence-electron chi connectivity index (χ4n) is 1.88. The van der Waals surface area contributed by atoms with Gasteiger partial charge in [0.25, 0.3) is 5.56 Å². The number of rotatable bonds is 4. The highest BCUT2D eigenvalue weighted by molar-refractivity contribution is 5.77. The highest BCUT2D eigenvalue weighted by Crippen LogP contribution is 2.15. The Morgan fingerprint density at radius 2 is 1.91 bits per heavy atom. The monoisotopic (exact) mass is 291 g/mol. The summed E-state index contributed by atoms with van der Waals surface area (Å²) in [6.07, 6.45) is 3.23. The molecule has 0 saturated heterocycles. The van der Waals surface area contributed by atoms with Crippen LogP contribution >= 0.6 is 0 Å². The molecule has 0 unspecified atom stereocenters. The summed E-state index contributed by atoms with van der Waals surface area (Å²) < 4.78 is 0. The van der Waals surface area contributed by atoms with Gasteiger partial charge in [0.15, 0.2) is 0 Å². The summed E-state index contributed by atoms with van der Waals surface area (Å²) in [6, 6.07) is 16.4. The van der Waals surface area contributed by atoms with Crippen LogP contribution < -0.4 is 11.0 Å². The molecule has 0 aliphatic heterocycles. The van der Waals surface area contributed by atoms with Crippen LogP contribution in [0.5, 0.6) is 0 Å². The van der Waals surface area contributed by atoms with Crippen molar-refractivity contribution in [2.24, 2.45) is 5.10 Å². The lowest BCUT2D eigenvalue weighted by Gasteiger charge is -2.03. The van der Waals surface area contributed by atoms with Gasteiger partial charge in [-0.25, -0.2) is 10.4 Å². The van der Waals surface area contributed by atoms with Crippen LogP contribution in [0.3, 0.4) is 0 Å². The van der Waals surface area contributed by atoms with Gasteiger partial charge in [-0.15, -0.1) is 0 Å². The molecule has 0 bridgehead atoms. The molecule has 0 fully saturated rings. The van der Waals surface area contributed by atoms with Gasteiger partial charge in [-0.3, -0.25) is 14.8 Å². The molecular weight excluding hydrogens is 278 g/mol. The third kappa shape index (κ3) is 3.43. The van der Waals surface area contributed by atoms with E-state index in [1.54, 1.807) is 12.4 Å². The summed E-state index contributed by atoms with van der Waals surface area (Å²) >= 11 is 0. The summed E-state index contributed by atoms with van der Waals surface area (Å²) in [5.74, 6) is 0.276. The fraction of sp³-hybridized carbons (Fsp3) is 0. The predicted octanol–water partition coefficient (Wildman–Crippen LogP) is 2.28. The van der Waals surface area contributed by atoms with E-state index in [0.717, 1.165) is 5.56 Å². The Labute approximate surface area is 126 Å². The molecule has 0 spiro atoms. The smallest absolute Gasteiger partial charge is 0.252 e. The lowest BCUT2D eigenvalue weighted by Crippen LogP contribution is -2.10. The van der Waals surface area contributed by atoms with E-state index in [1.165, 1.54) is 6.07 Å². The lowest BCUT2D eigenvalue weighted by molar-refractivity contribution is 1.09. The van der Waals surface area contributed by atoms with Gasteiger partial charge in [-0.05, 0) is 12.1 Å². The highest BCUT2D eigenvalue weighted by Gasteiger charge is 2.02. The standard InChI is InChI=1S/C16H13N5O/c22-15-10-14(12-6-2-1-3-7-12)19-16(20-15)21-18-11-13-8-4-5-9-17-13/h1-11H,(H2,19,20,21,22)/b18-11-. The predicted molar refractivity (Wildman–Crippen MR) is 85.7 cm³/mol. The van der Waals surface area contributed by atoms with E-state index in [2.05, 4.69) is 25.5 Å². The van der Waals surface area contributed by atoms with Gasteiger partial charge in [-0.1, -0.05) is 36.4 Å². The number of aromatic amines is 1. The second-order valence-corrected chi connectivity index (χ2v) is 4.47. The van der Waals surface area contributed by atoms with Gasteiger partial charge in [0.2, 0.25) is 5.95 Å². The average molecular weight is 291 g/mol. The van der Waals surface area contributed by atoms with Gasteiger partial charge < -0.3 is 0 Å². The van der Waals surface area contributed by atoms with Crippen LogP contribution in [0, 0.1) is 0 Å². The average Bonchev–Trinajstić information content (AvgIpc) is 2.56. The van der Waals surface area contributed by atoms with Crippen LogP contribution in [0.2, 0.25) is 0 Å². The van der Waals surface area contributed by atoms with E-state index in [1.807, 2.05) is 48.5 Å². The minimum Gasteiger partial charge on any atom is -0.291 e. The molecule has 3 rings (SSSR count). The van der Waals surface area contributed by atoms with Crippen LogP contribution in [-0.4, -0.2) is 21.2 Å². The maximum Gasteiger partial charge on any atom is 0.252 e. The Kier molecular flexibility index (Phi) is 4.01. The highest BCUT2D eigenvalue weighted by atomic mass is 16.1. The quantitative estimate of drug-likeness (QED) is 0.570. The molecule has 2 N–H and O–H groups in total. The first-order chi connectivity index (χ1) is 10.8. The zero-order valence-corrected chi connectivity index (χ0v) is 11.6. The Morgan fingerprint density at radius 3 is 2.68 bits per heavy atom. The fourth-order valence-corrected chi connectivity index (χ4v) is 1.88. The topological polar surface area (TPSA) is 83.0 Å². The number of pyridine rings is 1. The van der Waals surface area contributed by atoms with Crippen molar-refractivity contribution in [1.29, 1.82) is 0 Å². The number of H-pyrrole nitrogens is 1. The van der Waals surface area contributed by atoms with Crippen molar-refractivity contribution < 1.29 is 0 Å². The number of hydrogen-bond acceptors (Lipinski definition) is 5. The summed E-state index contributed by atoms with van der Waals surface area (Å²) in [6.45, 7) is 0. The van der Waals surface area contributed by atoms with Crippen molar-refractivity contribution >= 4 is 12.2 Å². The van der Waals surface area contributed by atoms with E-state index in [9.17, 15) is 4.79 Å². The van der Waals surface area contributed by atoms with Crippen molar-refractivity contribution in [2.75, 3.05) is 5.43 Å². The van der Waals surface area contributed by atoms with Crippen molar-refractivity contribution in [3.8, 4) is 11.3 Å². The minimum atomic E-state index is -0.246. The molecule has 108 valence electrons. The summed E-state index contributed by atoms with van der Waals surface area (Å²) in [7, 11) is 0. The molecule has 0 radical (unpaired) electrons. The zero-order valence-electron chi connectivity index (χ0n) is 11.6. The third-order valence-corrected chi connectivity index (χ3v) is 2.87. The molecule has 0 amide bonds. The number of hydrazone groups is 1. The summed E-state index contributed by atoms with van der Waals surface area (Å²) in [5, 5.41) is 4.02. The lowest BCUT2D eigenvalue weighted by atomic mass is 10.1. The van der Waals surface area contributed by atoms with Gasteiger partial charge in [0.1, 0.15) is 0 Å². The molecule has 2 heterocycles. The molecule has 6 heteroatoms. The molecular formula is C16H13N5O. The second kappa shape index (κ2) is 6.45. The Morgan fingerprint density at radius 1 is 1.09 bits per heavy atom. The zero-order chi connectivity index (χ0) is 15.2. The number of nitrogens with one attached hydrogen (secondary N) is 2. The molecule has 2 aromatic heterocycles. The van der Waals surface area contributed by atoms with Crippen LogP contribution in [0.4, 0.5) is 5.95 Å². The molecule has 3 aromatic rings. The molecule has 0 aliphatic carbocycles. The third-order valence-electron chi connectivity index (χ3n) is 2.87. The SMILES string of the molecule is O=c1cc(-c2ccccc2)nc(N/N=C\c2ccccn2)[nH]1. The first-order valence-corrected chi connectivity index (χ1v) is 6.68. The Hall–Kier alpha value is -3.28. The normalized spacial score (nSPS) is 10.7. The first kappa shape index (κ1) is 13.7. The Balaban J connectivity index is 1.81. The van der Waals surface area contributed by atoms with E-state index >= 15 is 0 Å². The van der Waals surface area contributed by atoms with Crippen LogP contribution in [0.15, 0.2) is 70.7 Å². The summed E-state index contributed by atoms with van der Waals surface area (Å²) in [5.41, 5.74) is 4.62. The molecule has 22 heavy (non-hydrogen) atoms. The van der Waals surface area contributed by atoms with E-state index in [-0.39, 0.29) is 11.5 Å². The van der Waals surface area contributed by atoms with Crippen molar-refractivity contribution in [3.63, 3.8) is 0 Å². The molecule has 6 nitrogen and oxygen atoms in total. The van der Waals surface area contributed by atoms with Crippen LogP contribution in [0.1, 0.15) is 5.69 Å². The maximum absolute atomic E-state index is 11.7. The van der Waals surface area contributed by atoms with Gasteiger partial charge in [0.05, 0.1) is 17.6 Å². The number of hydrogen-bond donors (Lipinski definition) is 2. The van der Waals surface area contributed by atoms with Gasteiger partial charge in [-0.2, -0.15) is 5.10 Å². The largest absolute Gasteiger partial charge is 0.291 e. The number of benzene rings is 1. The van der Waals surface area contributed by atoms with E-state index in [0.29, 0.717) is 11.4 Å². The number of nitrogens with zero attached hydrogens (tertiary/aromatic N) is 3. The van der Waals surface area contributed by atoms with Crippen molar-refractivity contribution in [3.05, 3.63) is 76.8 Å². The Bertz CT molecular complexity index is 828. The van der Waals surface area contributed by atoms with Gasteiger partial charge >= 0.3 is 0 Å². The summed E-state index contributed by atoms with van der Waals surface area (Å²) in [4.78, 5) is 22.8.